The van der Waals surface area contributed by atoms with Crippen molar-refractivity contribution in [1.82, 2.24) is 9.97 Å². The molecular weight excluding hydrogens is 224 g/mol. The number of benzene rings is 1. The van der Waals surface area contributed by atoms with Crippen molar-refractivity contribution in [2.45, 2.75) is 33.1 Å². The quantitative estimate of drug-likeness (QED) is 0.899. The van der Waals surface area contributed by atoms with Gasteiger partial charge in [-0.15, -0.1) is 0 Å². The zero-order valence-corrected chi connectivity index (χ0v) is 11.0. The third-order valence-corrected chi connectivity index (χ3v) is 3.22. The van der Waals surface area contributed by atoms with Crippen molar-refractivity contribution in [3.63, 3.8) is 0 Å². The van der Waals surface area contributed by atoms with Gasteiger partial charge in [-0.3, -0.25) is 4.79 Å². The molecule has 0 amide bonds. The molecule has 0 fully saturated rings. The zero-order chi connectivity index (χ0) is 13.1. The van der Waals surface area contributed by atoms with E-state index in [1.807, 2.05) is 32.0 Å². The molecule has 1 aromatic carbocycles. The van der Waals surface area contributed by atoms with Gasteiger partial charge in [0.05, 0.1) is 0 Å². The van der Waals surface area contributed by atoms with Crippen LogP contribution >= 0.6 is 0 Å². The molecule has 1 heterocycles. The van der Waals surface area contributed by atoms with E-state index >= 15 is 0 Å². The molecule has 0 radical (unpaired) electrons. The van der Waals surface area contributed by atoms with E-state index in [0.29, 0.717) is 5.82 Å². The van der Waals surface area contributed by atoms with Crippen LogP contribution < -0.4 is 5.56 Å². The number of H-pyrrole nitrogens is 1. The van der Waals surface area contributed by atoms with Gasteiger partial charge in [0, 0.05) is 17.2 Å². The maximum absolute atomic E-state index is 12.1. The van der Waals surface area contributed by atoms with Gasteiger partial charge in [0.2, 0.25) is 0 Å². The van der Waals surface area contributed by atoms with Crippen molar-refractivity contribution in [2.24, 2.45) is 0 Å². The first kappa shape index (κ1) is 12.6. The van der Waals surface area contributed by atoms with Gasteiger partial charge in [0.1, 0.15) is 5.82 Å². The molecule has 18 heavy (non-hydrogen) atoms. The van der Waals surface area contributed by atoms with Crippen molar-refractivity contribution in [3.8, 4) is 0 Å². The molecule has 1 aromatic heterocycles. The van der Waals surface area contributed by atoms with E-state index in [1.165, 1.54) is 5.56 Å². The summed E-state index contributed by atoms with van der Waals surface area (Å²) in [5.41, 5.74) is 2.76. The van der Waals surface area contributed by atoms with Crippen LogP contribution in [0.1, 0.15) is 41.9 Å². The Labute approximate surface area is 107 Å². The molecule has 2 rings (SSSR count). The molecule has 1 atom stereocenters. The Bertz CT molecular complexity index is 587. The molecule has 1 N–H and O–H groups in total. The molecule has 3 nitrogen and oxygen atoms in total. The number of hydrogen-bond donors (Lipinski definition) is 1. The summed E-state index contributed by atoms with van der Waals surface area (Å²) in [6.07, 6.45) is 0.888. The molecule has 0 saturated carbocycles. The predicted octanol–water partition coefficient (Wildman–Crippen LogP) is 2.93. The Morgan fingerprint density at radius 2 is 1.89 bits per heavy atom. The number of aromatic nitrogens is 2. The van der Waals surface area contributed by atoms with Gasteiger partial charge in [-0.25, -0.2) is 4.98 Å². The van der Waals surface area contributed by atoms with Gasteiger partial charge in [-0.05, 0) is 25.8 Å². The number of rotatable bonds is 3. The van der Waals surface area contributed by atoms with E-state index in [0.717, 1.165) is 17.7 Å². The van der Waals surface area contributed by atoms with Crippen molar-refractivity contribution in [2.75, 3.05) is 0 Å². The van der Waals surface area contributed by atoms with Crippen molar-refractivity contribution in [3.05, 3.63) is 63.3 Å². The summed E-state index contributed by atoms with van der Waals surface area (Å²) >= 11 is 0. The second-order valence-electron chi connectivity index (χ2n) is 4.52. The van der Waals surface area contributed by atoms with Gasteiger partial charge < -0.3 is 4.98 Å². The van der Waals surface area contributed by atoms with Crippen LogP contribution in [0.3, 0.4) is 0 Å². The minimum atomic E-state index is -0.0179. The van der Waals surface area contributed by atoms with Gasteiger partial charge in [-0.1, -0.05) is 37.3 Å². The number of hydrogen-bond acceptors (Lipinski definition) is 2. The number of nitrogens with zero attached hydrogens (tertiary/aromatic N) is 1. The lowest BCUT2D eigenvalue weighted by Gasteiger charge is -2.16. The first-order valence-corrected chi connectivity index (χ1v) is 6.25. The summed E-state index contributed by atoms with van der Waals surface area (Å²) in [5, 5.41) is 0. The molecule has 0 bridgehead atoms. The van der Waals surface area contributed by atoms with Crippen molar-refractivity contribution < 1.29 is 0 Å². The summed E-state index contributed by atoms with van der Waals surface area (Å²) in [6, 6.07) is 10.1. The van der Waals surface area contributed by atoms with E-state index in [-0.39, 0.29) is 11.5 Å². The largest absolute Gasteiger partial charge is 0.311 e. The molecular formula is C15H18N2O. The van der Waals surface area contributed by atoms with Crippen LogP contribution in [0, 0.1) is 13.8 Å². The highest BCUT2D eigenvalue weighted by atomic mass is 16.1. The molecule has 2 aromatic rings. The molecule has 94 valence electrons. The third-order valence-electron chi connectivity index (χ3n) is 3.22. The molecule has 0 aliphatic heterocycles. The minimum absolute atomic E-state index is 0.0179. The predicted molar refractivity (Wildman–Crippen MR) is 72.9 cm³/mol. The first-order valence-electron chi connectivity index (χ1n) is 6.25. The highest BCUT2D eigenvalue weighted by Gasteiger charge is 2.18. The maximum Gasteiger partial charge on any atom is 0.254 e. The van der Waals surface area contributed by atoms with E-state index in [9.17, 15) is 4.79 Å². The zero-order valence-electron chi connectivity index (χ0n) is 11.0. The van der Waals surface area contributed by atoms with Crippen LogP contribution in [0.5, 0.6) is 0 Å². The lowest BCUT2D eigenvalue weighted by molar-refractivity contribution is 0.741. The third kappa shape index (κ3) is 2.35. The minimum Gasteiger partial charge on any atom is -0.311 e. The lowest BCUT2D eigenvalue weighted by Crippen LogP contribution is -2.21. The Hall–Kier alpha value is -1.90. The molecule has 0 aliphatic rings. The Balaban J connectivity index is 2.56. The topological polar surface area (TPSA) is 45.8 Å². The Morgan fingerprint density at radius 1 is 1.22 bits per heavy atom. The second kappa shape index (κ2) is 5.17. The van der Waals surface area contributed by atoms with Crippen LogP contribution in [0.15, 0.2) is 35.1 Å². The molecule has 1 unspecified atom stereocenters. The van der Waals surface area contributed by atoms with Crippen molar-refractivity contribution >= 4 is 0 Å². The van der Waals surface area contributed by atoms with E-state index in [2.05, 4.69) is 29.0 Å². The number of aryl methyl sites for hydroxylation is 2. The van der Waals surface area contributed by atoms with Gasteiger partial charge >= 0.3 is 0 Å². The van der Waals surface area contributed by atoms with E-state index in [4.69, 9.17) is 0 Å². The second-order valence-corrected chi connectivity index (χ2v) is 4.52. The van der Waals surface area contributed by atoms with Crippen LogP contribution in [0.2, 0.25) is 0 Å². The van der Waals surface area contributed by atoms with E-state index in [1.54, 1.807) is 0 Å². The standard InChI is InChI=1S/C15H18N2O/c1-4-13(12-8-6-5-7-9-12)14-10(2)16-11(3)17-15(14)18/h5-9,13H,4H2,1-3H3,(H,16,17,18). The highest BCUT2D eigenvalue weighted by molar-refractivity contribution is 5.33. The fraction of sp³-hybridized carbons (Fsp3) is 0.333. The van der Waals surface area contributed by atoms with Crippen LogP contribution in [0.25, 0.3) is 0 Å². The fourth-order valence-corrected chi connectivity index (χ4v) is 2.44. The van der Waals surface area contributed by atoms with Crippen LogP contribution in [-0.4, -0.2) is 9.97 Å². The average molecular weight is 242 g/mol. The fourth-order valence-electron chi connectivity index (χ4n) is 2.44. The van der Waals surface area contributed by atoms with Crippen LogP contribution in [0.4, 0.5) is 0 Å². The lowest BCUT2D eigenvalue weighted by atomic mass is 9.89. The molecule has 0 aliphatic carbocycles. The summed E-state index contributed by atoms with van der Waals surface area (Å²) in [5.74, 6) is 0.784. The van der Waals surface area contributed by atoms with Crippen molar-refractivity contribution in [1.29, 1.82) is 0 Å². The molecule has 0 spiro atoms. The summed E-state index contributed by atoms with van der Waals surface area (Å²) in [7, 11) is 0. The summed E-state index contributed by atoms with van der Waals surface area (Å²) in [6.45, 7) is 5.81. The number of nitrogens with one attached hydrogen (secondary N) is 1. The maximum atomic E-state index is 12.1. The molecule has 3 heteroatoms. The SMILES string of the molecule is CCC(c1ccccc1)c1c(C)nc(C)[nH]c1=O. The van der Waals surface area contributed by atoms with E-state index < -0.39 is 0 Å². The average Bonchev–Trinajstić information content (AvgIpc) is 2.34. The highest BCUT2D eigenvalue weighted by Crippen LogP contribution is 2.26. The normalized spacial score (nSPS) is 12.4. The Morgan fingerprint density at radius 3 is 2.44 bits per heavy atom. The number of aromatic amines is 1. The van der Waals surface area contributed by atoms with Gasteiger partial charge in [-0.2, -0.15) is 0 Å². The summed E-state index contributed by atoms with van der Waals surface area (Å²) in [4.78, 5) is 19.3. The van der Waals surface area contributed by atoms with Gasteiger partial charge in [0.25, 0.3) is 5.56 Å². The molecule has 0 saturated heterocycles. The summed E-state index contributed by atoms with van der Waals surface area (Å²) < 4.78 is 0. The monoisotopic (exact) mass is 242 g/mol. The van der Waals surface area contributed by atoms with Gasteiger partial charge in [0.15, 0.2) is 0 Å². The smallest absolute Gasteiger partial charge is 0.254 e. The first-order chi connectivity index (χ1) is 8.63. The van der Waals surface area contributed by atoms with Crippen LogP contribution in [-0.2, 0) is 0 Å². The Kier molecular flexibility index (Phi) is 3.60.